The second-order valence-electron chi connectivity index (χ2n) is 10.9. The Morgan fingerprint density at radius 3 is 1.30 bits per heavy atom. The van der Waals surface area contributed by atoms with Crippen molar-refractivity contribution in [2.75, 3.05) is 6.61 Å². The summed E-state index contributed by atoms with van der Waals surface area (Å²) < 4.78 is 0. The first-order chi connectivity index (χ1) is 21.3. The van der Waals surface area contributed by atoms with Crippen LogP contribution in [0.4, 0.5) is 0 Å². The molecule has 0 saturated carbocycles. The van der Waals surface area contributed by atoms with Gasteiger partial charge in [0.2, 0.25) is 0 Å². The Hall–Kier alpha value is -1.71. The number of rotatable bonds is 34. The molecular formula is C31H54O12. The van der Waals surface area contributed by atoms with Gasteiger partial charge in [0.15, 0.2) is 0 Å². The van der Waals surface area contributed by atoms with Gasteiger partial charge in [-0.25, -0.2) is 14.9 Å². The number of unbranched alkanes of at least 4 members (excludes halogenated alkanes) is 21. The summed E-state index contributed by atoms with van der Waals surface area (Å²) in [5.74, 6) is -0.820. The van der Waals surface area contributed by atoms with Crippen molar-refractivity contribution < 1.29 is 60.4 Å². The molecule has 1 aromatic rings. The largest absolute Gasteiger partial charge is 0.478 e. The zero-order valence-electron chi connectivity index (χ0n) is 25.8. The Morgan fingerprint density at radius 1 is 0.488 bits per heavy atom. The zero-order valence-corrected chi connectivity index (χ0v) is 25.8. The van der Waals surface area contributed by atoms with Gasteiger partial charge in [0, 0.05) is 0 Å². The lowest BCUT2D eigenvalue weighted by atomic mass is 10.00. The quantitative estimate of drug-likeness (QED) is 0.0431. The molecule has 0 heterocycles. The van der Waals surface area contributed by atoms with Gasteiger partial charge < -0.3 is 5.11 Å². The van der Waals surface area contributed by atoms with E-state index in [1.807, 2.05) is 12.1 Å². The van der Waals surface area contributed by atoms with Crippen LogP contribution in [0.5, 0.6) is 0 Å². The van der Waals surface area contributed by atoms with E-state index >= 15 is 0 Å². The number of aryl methyl sites for hydroxylation is 1. The molecule has 0 bridgehead atoms. The molecule has 0 aliphatic heterocycles. The molecule has 0 aliphatic rings. The molecule has 0 radical (unpaired) electrons. The predicted molar refractivity (Wildman–Crippen MR) is 156 cm³/mol. The average Bonchev–Trinajstić information content (AvgIpc) is 3.01. The second kappa shape index (κ2) is 31.7. The molecule has 2 N–H and O–H groups in total. The highest BCUT2D eigenvalue weighted by molar-refractivity contribution is 5.89. The SMILES string of the molecule is O=C(O)c1ccccc1CCCCCCCCCCCCCCCCCCCCCCCCOOOOOOOOOO. The van der Waals surface area contributed by atoms with E-state index in [9.17, 15) is 9.90 Å². The van der Waals surface area contributed by atoms with Gasteiger partial charge in [-0.1, -0.05) is 147 Å². The normalized spacial score (nSPS) is 11.4. The summed E-state index contributed by atoms with van der Waals surface area (Å²) in [6.07, 6.45) is 28.9. The molecule has 0 unspecified atom stereocenters. The highest BCUT2D eigenvalue weighted by Gasteiger charge is 2.08. The van der Waals surface area contributed by atoms with E-state index in [1.165, 1.54) is 116 Å². The first-order valence-electron chi connectivity index (χ1n) is 16.2. The maximum Gasteiger partial charge on any atom is 0.335 e. The molecule has 0 amide bonds. The van der Waals surface area contributed by atoms with Crippen LogP contribution in [0.15, 0.2) is 24.3 Å². The van der Waals surface area contributed by atoms with Gasteiger partial charge >= 0.3 is 5.97 Å². The minimum absolute atomic E-state index is 0.347. The fourth-order valence-electron chi connectivity index (χ4n) is 5.08. The van der Waals surface area contributed by atoms with Crippen molar-refractivity contribution in [1.82, 2.24) is 0 Å². The van der Waals surface area contributed by atoms with Crippen molar-refractivity contribution in [2.45, 2.75) is 148 Å². The minimum Gasteiger partial charge on any atom is -0.478 e. The summed E-state index contributed by atoms with van der Waals surface area (Å²) in [6, 6.07) is 7.37. The number of carboxylic acids is 1. The smallest absolute Gasteiger partial charge is 0.335 e. The number of carboxylic acid groups (broad SMARTS) is 1. The Balaban J connectivity index is 1.68. The second-order valence-corrected chi connectivity index (χ2v) is 10.9. The Morgan fingerprint density at radius 2 is 0.860 bits per heavy atom. The van der Waals surface area contributed by atoms with Crippen LogP contribution in [-0.2, 0) is 51.6 Å². The molecule has 0 fully saturated rings. The molecule has 0 aromatic heterocycles. The van der Waals surface area contributed by atoms with Gasteiger partial charge in [-0.05, 0) is 71.2 Å². The monoisotopic (exact) mass is 618 g/mol. The summed E-state index contributed by atoms with van der Waals surface area (Å²) in [6.45, 7) is 0.347. The molecular weight excluding hydrogens is 564 g/mol. The lowest BCUT2D eigenvalue weighted by molar-refractivity contribution is -0.843. The summed E-state index contributed by atoms with van der Waals surface area (Å²) in [7, 11) is 0. The van der Waals surface area contributed by atoms with Gasteiger partial charge in [0.25, 0.3) is 0 Å². The number of hydrogen-bond donors (Lipinski definition) is 2. The van der Waals surface area contributed by atoms with Crippen LogP contribution in [0.25, 0.3) is 0 Å². The van der Waals surface area contributed by atoms with Gasteiger partial charge in [-0.2, -0.15) is 0 Å². The van der Waals surface area contributed by atoms with Crippen LogP contribution in [0.2, 0.25) is 0 Å². The van der Waals surface area contributed by atoms with Crippen LogP contribution in [0, 0.1) is 0 Å². The molecule has 1 rings (SSSR count). The van der Waals surface area contributed by atoms with Crippen molar-refractivity contribution in [2.24, 2.45) is 0 Å². The van der Waals surface area contributed by atoms with Crippen LogP contribution < -0.4 is 0 Å². The van der Waals surface area contributed by atoms with Crippen LogP contribution in [-0.4, -0.2) is 22.9 Å². The fourth-order valence-corrected chi connectivity index (χ4v) is 5.08. The fraction of sp³-hybridized carbons (Fsp3) is 0.774. The third kappa shape index (κ3) is 26.4. The van der Waals surface area contributed by atoms with E-state index in [0.717, 1.165) is 37.7 Å². The number of aromatic carboxylic acids is 1. The van der Waals surface area contributed by atoms with E-state index in [0.29, 0.717) is 12.2 Å². The lowest BCUT2D eigenvalue weighted by Gasteiger charge is -2.06. The van der Waals surface area contributed by atoms with Gasteiger partial charge in [0.1, 0.15) is 0 Å². The molecule has 12 nitrogen and oxygen atoms in total. The summed E-state index contributed by atoms with van der Waals surface area (Å²) >= 11 is 0. The lowest BCUT2D eigenvalue weighted by Crippen LogP contribution is -2.03. The van der Waals surface area contributed by atoms with Gasteiger partial charge in [-0.15, -0.1) is 0 Å². The van der Waals surface area contributed by atoms with Crippen molar-refractivity contribution >= 4 is 5.97 Å². The molecule has 0 aliphatic carbocycles. The van der Waals surface area contributed by atoms with E-state index in [4.69, 9.17) is 10.1 Å². The maximum atomic E-state index is 11.3. The van der Waals surface area contributed by atoms with Crippen molar-refractivity contribution in [3.05, 3.63) is 35.4 Å². The highest BCUT2D eigenvalue weighted by Crippen LogP contribution is 2.17. The number of hydrogen-bond acceptors (Lipinski definition) is 11. The third-order valence-electron chi connectivity index (χ3n) is 7.42. The van der Waals surface area contributed by atoms with E-state index < -0.39 is 5.97 Å². The molecule has 12 heteroatoms. The predicted octanol–water partition coefficient (Wildman–Crippen LogP) is 9.45. The average molecular weight is 619 g/mol. The summed E-state index contributed by atoms with van der Waals surface area (Å²) in [4.78, 5) is 16.0. The third-order valence-corrected chi connectivity index (χ3v) is 7.42. The van der Waals surface area contributed by atoms with E-state index in [-0.39, 0.29) is 0 Å². The van der Waals surface area contributed by atoms with Gasteiger partial charge in [0.05, 0.1) is 12.2 Å². The van der Waals surface area contributed by atoms with Crippen molar-refractivity contribution in [3.63, 3.8) is 0 Å². The Labute approximate surface area is 256 Å². The van der Waals surface area contributed by atoms with E-state index in [1.54, 1.807) is 12.1 Å². The van der Waals surface area contributed by atoms with Gasteiger partial charge in [-0.3, -0.25) is 0 Å². The molecule has 1 aromatic carbocycles. The molecule has 250 valence electrons. The van der Waals surface area contributed by atoms with Crippen molar-refractivity contribution in [3.8, 4) is 0 Å². The van der Waals surface area contributed by atoms with Crippen molar-refractivity contribution in [1.29, 1.82) is 0 Å². The number of carbonyl (C=O) groups is 1. The first kappa shape index (κ1) is 39.3. The van der Waals surface area contributed by atoms with Crippen LogP contribution in [0.1, 0.15) is 157 Å². The molecule has 0 atom stereocenters. The maximum absolute atomic E-state index is 11.3. The number of benzene rings is 1. The molecule has 0 saturated heterocycles. The summed E-state index contributed by atoms with van der Waals surface area (Å²) in [5, 5.41) is 46.3. The standard InChI is InChI=1S/C31H54O12/c32-31(33)30-27-23-22-26-29(30)25-21-19-17-15-13-11-9-7-5-3-1-2-4-6-8-10-12-14-16-18-20-24-28-35-37-39-41-43-42-40-38-36-34/h22-23,26-27,34H,1-21,24-25,28H2,(H,32,33). The van der Waals surface area contributed by atoms with E-state index in [2.05, 4.69) is 40.3 Å². The topological polar surface area (TPSA) is 141 Å². The zero-order chi connectivity index (χ0) is 30.9. The van der Waals surface area contributed by atoms with Crippen LogP contribution >= 0.6 is 0 Å². The minimum atomic E-state index is -0.820. The molecule has 0 spiro atoms. The summed E-state index contributed by atoms with van der Waals surface area (Å²) in [5.41, 5.74) is 1.42. The van der Waals surface area contributed by atoms with Crippen LogP contribution in [0.3, 0.4) is 0 Å². The highest BCUT2D eigenvalue weighted by atomic mass is 17.9. The first-order valence-corrected chi connectivity index (χ1v) is 16.2. The Bertz CT molecular complexity index is 736. The Kier molecular flexibility index (Phi) is 29.0. The molecule has 43 heavy (non-hydrogen) atoms.